The summed E-state index contributed by atoms with van der Waals surface area (Å²) in [4.78, 5) is 35.5. The molecule has 0 saturated heterocycles. The van der Waals surface area contributed by atoms with E-state index in [0.29, 0.717) is 24.0 Å². The van der Waals surface area contributed by atoms with Gasteiger partial charge in [0.1, 0.15) is 17.8 Å². The number of allylic oxidation sites excluding steroid dienone is 1. The molecule has 9 nitrogen and oxygen atoms in total. The molecule has 0 radical (unpaired) electrons. The Kier molecular flexibility index (Phi) is 7.49. The fourth-order valence-electron chi connectivity index (χ4n) is 8.32. The first-order chi connectivity index (χ1) is 17.4. The molecule has 0 aromatic carbocycles. The molecule has 0 spiro atoms. The molecule has 2 N–H and O–H groups in total. The number of carbonyl (C=O) groups is 3. The fourth-order valence-corrected chi connectivity index (χ4v) is 8.32. The van der Waals surface area contributed by atoms with Crippen molar-refractivity contribution in [1.29, 1.82) is 0 Å². The SMILES string of the molecule is CCOC(=O)N/N=C(/C)[C@@]1(O)[C@H](OC(C)=O)C[C@H]2[C@H]3CC=C4C[C@@H](OC(C)=O)CC[C@]4(C)[C@H]3CC[C@@]21C. The van der Waals surface area contributed by atoms with Crippen LogP contribution in [0.1, 0.15) is 86.5 Å². The van der Waals surface area contributed by atoms with E-state index in [2.05, 4.69) is 30.5 Å². The van der Waals surface area contributed by atoms with Crippen molar-refractivity contribution in [3.05, 3.63) is 11.6 Å². The number of hydrogen-bond acceptors (Lipinski definition) is 8. The predicted molar refractivity (Wildman–Crippen MR) is 136 cm³/mol. The highest BCUT2D eigenvalue weighted by atomic mass is 16.6. The number of carbonyl (C=O) groups excluding carboxylic acids is 3. The Balaban J connectivity index is 1.65. The van der Waals surface area contributed by atoms with Crippen LogP contribution in [0.2, 0.25) is 0 Å². The number of nitrogens with one attached hydrogen (secondary N) is 1. The maximum atomic E-state index is 12.3. The summed E-state index contributed by atoms with van der Waals surface area (Å²) < 4.78 is 16.2. The first-order valence-corrected chi connectivity index (χ1v) is 13.6. The zero-order chi connectivity index (χ0) is 27.2. The summed E-state index contributed by atoms with van der Waals surface area (Å²) in [5, 5.41) is 16.5. The summed E-state index contributed by atoms with van der Waals surface area (Å²) in [6.45, 7) is 10.8. The highest BCUT2D eigenvalue weighted by Crippen LogP contribution is 2.67. The number of nitrogens with zero attached hydrogens (tertiary/aromatic N) is 1. The maximum absolute atomic E-state index is 12.3. The summed E-state index contributed by atoms with van der Waals surface area (Å²) in [6.07, 6.45) is 6.51. The van der Waals surface area contributed by atoms with Gasteiger partial charge in [0, 0.05) is 25.7 Å². The average Bonchev–Trinajstić information content (AvgIpc) is 3.05. The van der Waals surface area contributed by atoms with E-state index in [-0.39, 0.29) is 30.0 Å². The van der Waals surface area contributed by atoms with Crippen molar-refractivity contribution in [1.82, 2.24) is 5.43 Å². The van der Waals surface area contributed by atoms with E-state index in [1.165, 1.54) is 19.4 Å². The standard InChI is InChI=1S/C28H42N2O7/c1-7-35-25(33)30-29-16(2)28(34)24(37-18(4)32)15-23-21-9-8-19-14-20(36-17(3)31)10-12-26(19,5)22(21)11-13-27(23,28)6/h8,20-24,34H,7,9-15H2,1-6H3,(H,30,33)/b29-16-/t20-,21-,22-,23-,24+,26-,27-,28+/m0/s1. The molecular weight excluding hydrogens is 476 g/mol. The molecule has 0 aromatic rings. The van der Waals surface area contributed by atoms with E-state index in [1.54, 1.807) is 13.8 Å². The zero-order valence-corrected chi connectivity index (χ0v) is 23.0. The summed E-state index contributed by atoms with van der Waals surface area (Å²) in [7, 11) is 0. The number of esters is 2. The predicted octanol–water partition coefficient (Wildman–Crippen LogP) is 4.28. The molecule has 3 saturated carbocycles. The highest BCUT2D eigenvalue weighted by Gasteiger charge is 2.69. The van der Waals surface area contributed by atoms with Crippen LogP contribution in [0.5, 0.6) is 0 Å². The average molecular weight is 519 g/mol. The second kappa shape index (κ2) is 10.0. The maximum Gasteiger partial charge on any atom is 0.427 e. The van der Waals surface area contributed by atoms with Gasteiger partial charge in [-0.05, 0) is 75.5 Å². The summed E-state index contributed by atoms with van der Waals surface area (Å²) in [6, 6.07) is 0. The lowest BCUT2D eigenvalue weighted by Gasteiger charge is -2.58. The number of aliphatic hydroxyl groups is 1. The molecule has 9 heteroatoms. The second-order valence-corrected chi connectivity index (χ2v) is 11.8. The van der Waals surface area contributed by atoms with Gasteiger partial charge in [-0.3, -0.25) is 9.59 Å². The lowest BCUT2D eigenvalue weighted by Crippen LogP contribution is -2.60. The van der Waals surface area contributed by atoms with E-state index in [0.717, 1.165) is 38.5 Å². The van der Waals surface area contributed by atoms with Gasteiger partial charge in [0.15, 0.2) is 0 Å². The Morgan fingerprint density at radius 1 is 1.08 bits per heavy atom. The molecule has 206 valence electrons. The van der Waals surface area contributed by atoms with E-state index < -0.39 is 29.2 Å². The fraction of sp³-hybridized carbons (Fsp3) is 0.786. The Hall–Kier alpha value is -2.42. The molecule has 4 rings (SSSR count). The lowest BCUT2D eigenvalue weighted by atomic mass is 9.46. The minimum atomic E-state index is -1.52. The minimum Gasteiger partial charge on any atom is -0.462 e. The number of hydrogen-bond donors (Lipinski definition) is 2. The van der Waals surface area contributed by atoms with Gasteiger partial charge in [-0.2, -0.15) is 5.10 Å². The van der Waals surface area contributed by atoms with Crippen molar-refractivity contribution in [2.45, 2.75) is 104 Å². The van der Waals surface area contributed by atoms with Gasteiger partial charge in [0.2, 0.25) is 0 Å². The van der Waals surface area contributed by atoms with Crippen LogP contribution >= 0.6 is 0 Å². The highest BCUT2D eigenvalue weighted by molar-refractivity contribution is 5.93. The van der Waals surface area contributed by atoms with Crippen LogP contribution in [0.4, 0.5) is 4.79 Å². The summed E-state index contributed by atoms with van der Waals surface area (Å²) >= 11 is 0. The van der Waals surface area contributed by atoms with Crippen molar-refractivity contribution in [3.8, 4) is 0 Å². The van der Waals surface area contributed by atoms with E-state index in [4.69, 9.17) is 14.2 Å². The zero-order valence-electron chi connectivity index (χ0n) is 23.0. The van der Waals surface area contributed by atoms with Crippen molar-refractivity contribution in [2.75, 3.05) is 6.61 Å². The van der Waals surface area contributed by atoms with Gasteiger partial charge in [0.05, 0.1) is 12.3 Å². The topological polar surface area (TPSA) is 124 Å². The summed E-state index contributed by atoms with van der Waals surface area (Å²) in [5.74, 6) is 0.173. The van der Waals surface area contributed by atoms with Gasteiger partial charge in [-0.1, -0.05) is 25.5 Å². The third kappa shape index (κ3) is 4.57. The van der Waals surface area contributed by atoms with Crippen LogP contribution in [-0.2, 0) is 23.8 Å². The van der Waals surface area contributed by atoms with Gasteiger partial charge in [0.25, 0.3) is 0 Å². The van der Waals surface area contributed by atoms with Crippen LogP contribution in [0.3, 0.4) is 0 Å². The number of hydrazone groups is 1. The third-order valence-corrected chi connectivity index (χ3v) is 10.0. The molecule has 3 fully saturated rings. The minimum absolute atomic E-state index is 0.0210. The molecular formula is C28H42N2O7. The molecule has 1 amide bonds. The number of ether oxygens (including phenoxy) is 3. The Morgan fingerprint density at radius 3 is 2.43 bits per heavy atom. The molecule has 0 aromatic heterocycles. The van der Waals surface area contributed by atoms with Gasteiger partial charge < -0.3 is 19.3 Å². The number of rotatable bonds is 5. The van der Waals surface area contributed by atoms with Crippen molar-refractivity contribution in [3.63, 3.8) is 0 Å². The second-order valence-electron chi connectivity index (χ2n) is 11.8. The summed E-state index contributed by atoms with van der Waals surface area (Å²) in [5.41, 5.74) is 1.98. The number of fused-ring (bicyclic) bond motifs is 5. The molecule has 8 atom stereocenters. The van der Waals surface area contributed by atoms with Crippen LogP contribution < -0.4 is 5.43 Å². The van der Waals surface area contributed by atoms with Crippen molar-refractivity contribution < 1.29 is 33.7 Å². The van der Waals surface area contributed by atoms with Crippen LogP contribution in [0.15, 0.2) is 16.8 Å². The van der Waals surface area contributed by atoms with E-state index in [1.807, 2.05) is 0 Å². The molecule has 0 unspecified atom stereocenters. The van der Waals surface area contributed by atoms with Gasteiger partial charge in [-0.25, -0.2) is 10.2 Å². The van der Waals surface area contributed by atoms with Crippen LogP contribution in [0.25, 0.3) is 0 Å². The molecule has 4 aliphatic carbocycles. The van der Waals surface area contributed by atoms with Gasteiger partial charge in [-0.15, -0.1) is 0 Å². The van der Waals surface area contributed by atoms with Crippen molar-refractivity contribution in [2.24, 2.45) is 33.7 Å². The quantitative estimate of drug-likeness (QED) is 0.183. The monoisotopic (exact) mass is 518 g/mol. The van der Waals surface area contributed by atoms with Gasteiger partial charge >= 0.3 is 18.0 Å². The van der Waals surface area contributed by atoms with Crippen LogP contribution in [-0.4, -0.2) is 53.3 Å². The normalized spacial score (nSPS) is 40.9. The number of amides is 1. The molecule has 0 aliphatic heterocycles. The molecule has 4 aliphatic rings. The largest absolute Gasteiger partial charge is 0.462 e. The third-order valence-electron chi connectivity index (χ3n) is 10.0. The smallest absolute Gasteiger partial charge is 0.427 e. The Morgan fingerprint density at radius 2 is 1.78 bits per heavy atom. The Labute approximate surface area is 219 Å². The molecule has 0 heterocycles. The van der Waals surface area contributed by atoms with Crippen molar-refractivity contribution >= 4 is 23.7 Å². The Bertz CT molecular complexity index is 1010. The molecule has 37 heavy (non-hydrogen) atoms. The van der Waals surface area contributed by atoms with E-state index in [9.17, 15) is 19.5 Å². The lowest BCUT2D eigenvalue weighted by molar-refractivity contribution is -0.161. The first kappa shape index (κ1) is 27.6. The first-order valence-electron chi connectivity index (χ1n) is 13.6. The molecule has 0 bridgehead atoms. The van der Waals surface area contributed by atoms with E-state index >= 15 is 0 Å². The van der Waals surface area contributed by atoms with Crippen LogP contribution in [0, 0.1) is 28.6 Å².